The van der Waals surface area contributed by atoms with Crippen LogP contribution in [-0.4, -0.2) is 16.9 Å². The van der Waals surface area contributed by atoms with Crippen LogP contribution in [0.25, 0.3) is 11.3 Å². The summed E-state index contributed by atoms with van der Waals surface area (Å²) in [6, 6.07) is 9.89. The molecule has 1 aromatic heterocycles. The zero-order valence-corrected chi connectivity index (χ0v) is 9.47. The number of aryl methyl sites for hydroxylation is 1. The van der Waals surface area contributed by atoms with Crippen LogP contribution >= 0.6 is 0 Å². The largest absolute Gasteiger partial charge is 0.497 e. The van der Waals surface area contributed by atoms with Gasteiger partial charge in [-0.25, -0.2) is 0 Å². The molecule has 2 rings (SSSR count). The Morgan fingerprint density at radius 1 is 1.38 bits per heavy atom. The van der Waals surface area contributed by atoms with E-state index in [4.69, 9.17) is 10.5 Å². The number of methoxy groups -OCH3 is 1. The maximum atomic E-state index is 5.57. The number of hydrogen-bond donors (Lipinski definition) is 1. The van der Waals surface area contributed by atoms with E-state index in [2.05, 4.69) is 5.10 Å². The molecule has 0 aliphatic carbocycles. The lowest BCUT2D eigenvalue weighted by Gasteiger charge is -2.04. The van der Waals surface area contributed by atoms with Gasteiger partial charge in [0.05, 0.1) is 18.5 Å². The first kappa shape index (κ1) is 10.7. The third-order valence-electron chi connectivity index (χ3n) is 2.51. The van der Waals surface area contributed by atoms with Gasteiger partial charge in [-0.3, -0.25) is 4.68 Å². The summed E-state index contributed by atoms with van der Waals surface area (Å²) >= 11 is 0. The predicted octanol–water partition coefficient (Wildman–Crippen LogP) is 1.55. The van der Waals surface area contributed by atoms with Crippen LogP contribution in [0.15, 0.2) is 30.3 Å². The minimum Gasteiger partial charge on any atom is -0.497 e. The minimum absolute atomic E-state index is 0.456. The number of ether oxygens (including phenoxy) is 1. The van der Waals surface area contributed by atoms with Crippen LogP contribution in [0.2, 0.25) is 0 Å². The van der Waals surface area contributed by atoms with Crippen molar-refractivity contribution in [2.45, 2.75) is 6.54 Å². The second-order valence-corrected chi connectivity index (χ2v) is 3.58. The lowest BCUT2D eigenvalue weighted by Crippen LogP contribution is -1.98. The first-order chi connectivity index (χ1) is 7.74. The van der Waals surface area contributed by atoms with Crippen molar-refractivity contribution in [3.05, 3.63) is 36.0 Å². The standard InChI is InChI=1S/C12H15N3O/c1-15-12(7-10(8-13)14-15)9-4-3-5-11(6-9)16-2/h3-7H,8,13H2,1-2H3. The normalized spacial score (nSPS) is 10.4. The van der Waals surface area contributed by atoms with Crippen molar-refractivity contribution in [3.8, 4) is 17.0 Å². The first-order valence-electron chi connectivity index (χ1n) is 5.12. The van der Waals surface area contributed by atoms with Gasteiger partial charge in [-0.15, -0.1) is 0 Å². The van der Waals surface area contributed by atoms with Crippen LogP contribution < -0.4 is 10.5 Å². The molecule has 0 atom stereocenters. The molecular formula is C12H15N3O. The van der Waals surface area contributed by atoms with Crippen molar-refractivity contribution in [2.75, 3.05) is 7.11 Å². The molecule has 0 unspecified atom stereocenters. The Bertz CT molecular complexity index is 491. The van der Waals surface area contributed by atoms with Gasteiger partial charge in [-0.2, -0.15) is 5.10 Å². The summed E-state index contributed by atoms with van der Waals surface area (Å²) in [6.45, 7) is 0.456. The first-order valence-corrected chi connectivity index (χ1v) is 5.12. The average molecular weight is 217 g/mol. The molecule has 0 bridgehead atoms. The minimum atomic E-state index is 0.456. The number of nitrogens with zero attached hydrogens (tertiary/aromatic N) is 2. The molecule has 0 amide bonds. The van der Waals surface area contributed by atoms with Crippen LogP contribution in [0.3, 0.4) is 0 Å². The molecule has 0 saturated heterocycles. The number of nitrogens with two attached hydrogens (primary N) is 1. The van der Waals surface area contributed by atoms with Gasteiger partial charge in [0, 0.05) is 19.2 Å². The zero-order valence-electron chi connectivity index (χ0n) is 9.47. The summed E-state index contributed by atoms with van der Waals surface area (Å²) in [4.78, 5) is 0. The molecule has 4 heteroatoms. The lowest BCUT2D eigenvalue weighted by molar-refractivity contribution is 0.415. The second-order valence-electron chi connectivity index (χ2n) is 3.58. The molecule has 1 aromatic carbocycles. The Balaban J connectivity index is 2.45. The van der Waals surface area contributed by atoms with Gasteiger partial charge in [0.2, 0.25) is 0 Å². The van der Waals surface area contributed by atoms with Crippen molar-refractivity contribution < 1.29 is 4.74 Å². The molecule has 2 N–H and O–H groups in total. The van der Waals surface area contributed by atoms with E-state index >= 15 is 0 Å². The fourth-order valence-corrected chi connectivity index (χ4v) is 1.68. The third kappa shape index (κ3) is 1.92. The zero-order chi connectivity index (χ0) is 11.5. The molecule has 84 valence electrons. The van der Waals surface area contributed by atoms with Crippen molar-refractivity contribution >= 4 is 0 Å². The highest BCUT2D eigenvalue weighted by Crippen LogP contribution is 2.23. The van der Waals surface area contributed by atoms with Gasteiger partial charge < -0.3 is 10.5 Å². The maximum absolute atomic E-state index is 5.57. The molecule has 0 aliphatic rings. The summed E-state index contributed by atoms with van der Waals surface area (Å²) in [7, 11) is 3.57. The lowest BCUT2D eigenvalue weighted by atomic mass is 10.1. The van der Waals surface area contributed by atoms with Crippen molar-refractivity contribution in [3.63, 3.8) is 0 Å². The summed E-state index contributed by atoms with van der Waals surface area (Å²) in [6.07, 6.45) is 0. The van der Waals surface area contributed by atoms with Gasteiger partial charge in [0.1, 0.15) is 5.75 Å². The summed E-state index contributed by atoms with van der Waals surface area (Å²) in [5.74, 6) is 0.841. The Labute approximate surface area is 94.6 Å². The molecule has 2 aromatic rings. The molecule has 4 nitrogen and oxygen atoms in total. The maximum Gasteiger partial charge on any atom is 0.119 e. The van der Waals surface area contributed by atoms with E-state index in [1.54, 1.807) is 7.11 Å². The Morgan fingerprint density at radius 3 is 2.81 bits per heavy atom. The smallest absolute Gasteiger partial charge is 0.119 e. The fraction of sp³-hybridized carbons (Fsp3) is 0.250. The summed E-state index contributed by atoms with van der Waals surface area (Å²) in [5, 5.41) is 4.31. The summed E-state index contributed by atoms with van der Waals surface area (Å²) < 4.78 is 7.03. The van der Waals surface area contributed by atoms with Crippen LogP contribution in [0, 0.1) is 0 Å². The highest BCUT2D eigenvalue weighted by atomic mass is 16.5. The molecule has 0 aliphatic heterocycles. The second kappa shape index (κ2) is 4.37. The number of benzene rings is 1. The van der Waals surface area contributed by atoms with E-state index in [-0.39, 0.29) is 0 Å². The SMILES string of the molecule is COc1cccc(-c2cc(CN)nn2C)c1. The van der Waals surface area contributed by atoms with Gasteiger partial charge in [0.25, 0.3) is 0 Å². The Kier molecular flexibility index (Phi) is 2.92. The topological polar surface area (TPSA) is 53.1 Å². The Hall–Kier alpha value is -1.81. The van der Waals surface area contributed by atoms with E-state index in [1.807, 2.05) is 42.1 Å². The number of rotatable bonds is 3. The van der Waals surface area contributed by atoms with E-state index in [9.17, 15) is 0 Å². The monoisotopic (exact) mass is 217 g/mol. The predicted molar refractivity (Wildman–Crippen MR) is 63.1 cm³/mol. The Morgan fingerprint density at radius 2 is 2.19 bits per heavy atom. The van der Waals surface area contributed by atoms with Crippen LogP contribution in [0.4, 0.5) is 0 Å². The van der Waals surface area contributed by atoms with E-state index in [0.717, 1.165) is 22.7 Å². The average Bonchev–Trinajstić information content (AvgIpc) is 2.71. The quantitative estimate of drug-likeness (QED) is 0.848. The van der Waals surface area contributed by atoms with E-state index < -0.39 is 0 Å². The van der Waals surface area contributed by atoms with Crippen LogP contribution in [0.1, 0.15) is 5.69 Å². The highest BCUT2D eigenvalue weighted by Gasteiger charge is 2.06. The van der Waals surface area contributed by atoms with Crippen LogP contribution in [-0.2, 0) is 13.6 Å². The number of hydrogen-bond acceptors (Lipinski definition) is 3. The third-order valence-corrected chi connectivity index (χ3v) is 2.51. The van der Waals surface area contributed by atoms with E-state index in [0.29, 0.717) is 6.54 Å². The molecule has 16 heavy (non-hydrogen) atoms. The van der Waals surface area contributed by atoms with Crippen molar-refractivity contribution in [1.29, 1.82) is 0 Å². The summed E-state index contributed by atoms with van der Waals surface area (Å²) in [5.41, 5.74) is 8.57. The molecule has 0 spiro atoms. The van der Waals surface area contributed by atoms with Crippen LogP contribution in [0.5, 0.6) is 5.75 Å². The van der Waals surface area contributed by atoms with E-state index in [1.165, 1.54) is 0 Å². The fourth-order valence-electron chi connectivity index (χ4n) is 1.68. The van der Waals surface area contributed by atoms with Gasteiger partial charge >= 0.3 is 0 Å². The van der Waals surface area contributed by atoms with Crippen molar-refractivity contribution in [1.82, 2.24) is 9.78 Å². The molecule has 0 saturated carbocycles. The number of aromatic nitrogens is 2. The molecule has 0 fully saturated rings. The van der Waals surface area contributed by atoms with Gasteiger partial charge in [-0.1, -0.05) is 12.1 Å². The van der Waals surface area contributed by atoms with Crippen molar-refractivity contribution in [2.24, 2.45) is 12.8 Å². The highest BCUT2D eigenvalue weighted by molar-refractivity contribution is 5.62. The van der Waals surface area contributed by atoms with Gasteiger partial charge in [0.15, 0.2) is 0 Å². The van der Waals surface area contributed by atoms with Gasteiger partial charge in [-0.05, 0) is 18.2 Å². The molecular weight excluding hydrogens is 202 g/mol. The molecule has 0 radical (unpaired) electrons. The molecule has 1 heterocycles.